The molecule has 0 aliphatic carbocycles. The summed E-state index contributed by atoms with van der Waals surface area (Å²) in [6, 6.07) is 3.20. The van der Waals surface area contributed by atoms with Crippen molar-refractivity contribution in [1.82, 2.24) is 0 Å². The summed E-state index contributed by atoms with van der Waals surface area (Å²) < 4.78 is 10.7. The number of benzene rings is 1. The molecule has 0 aliphatic heterocycles. The highest BCUT2D eigenvalue weighted by Crippen LogP contribution is 2.32. The third-order valence-electron chi connectivity index (χ3n) is 2.11. The smallest absolute Gasteiger partial charge is 0.342 e. The monoisotopic (exact) mass is 344 g/mol. The molecule has 1 aromatic carbocycles. The zero-order valence-corrected chi connectivity index (χ0v) is 14.1. The molecular weight excluding hydrogens is 324 g/mol. The first-order valence-corrected chi connectivity index (χ1v) is 7.49. The molecule has 0 bridgehead atoms. The first kappa shape index (κ1) is 18.5. The van der Waals surface area contributed by atoms with Gasteiger partial charge in [-0.05, 0) is 19.1 Å². The van der Waals surface area contributed by atoms with Crippen molar-refractivity contribution in [2.45, 2.75) is 34.6 Å². The molecule has 0 spiro atoms. The molecule has 2 aromatic rings. The van der Waals surface area contributed by atoms with Crippen molar-refractivity contribution in [2.24, 2.45) is 0 Å². The van der Waals surface area contributed by atoms with Crippen molar-refractivity contribution in [2.75, 3.05) is 6.61 Å². The third-order valence-corrected chi connectivity index (χ3v) is 2.57. The molecule has 0 fully saturated rings. The van der Waals surface area contributed by atoms with E-state index >= 15 is 0 Å². The minimum atomic E-state index is -0.459. The maximum absolute atomic E-state index is 11.6. The van der Waals surface area contributed by atoms with Gasteiger partial charge in [0.1, 0.15) is 11.8 Å². The van der Waals surface area contributed by atoms with E-state index in [1.165, 1.54) is 12.3 Å². The summed E-state index contributed by atoms with van der Waals surface area (Å²) in [5, 5.41) is 10.1. The van der Waals surface area contributed by atoms with Crippen LogP contribution in [0.4, 0.5) is 0 Å². The largest absolute Gasteiger partial charge is 0.504 e. The number of ether oxygens (including phenoxy) is 1. The first-order valence-electron chi connectivity index (χ1n) is 6.70. The molecule has 20 heavy (non-hydrogen) atoms. The van der Waals surface area contributed by atoms with Crippen LogP contribution in [0.2, 0.25) is 0 Å². The Morgan fingerprint density at radius 1 is 1.30 bits per heavy atom. The Morgan fingerprint density at radius 2 is 1.90 bits per heavy atom. The van der Waals surface area contributed by atoms with Gasteiger partial charge < -0.3 is 14.3 Å². The molecular formula is C15H21BrO4. The molecule has 1 heterocycles. The van der Waals surface area contributed by atoms with E-state index in [2.05, 4.69) is 15.9 Å². The van der Waals surface area contributed by atoms with E-state index in [9.17, 15) is 9.90 Å². The second-order valence-electron chi connectivity index (χ2n) is 3.17. The second kappa shape index (κ2) is 9.42. The van der Waals surface area contributed by atoms with Crippen LogP contribution in [0.15, 0.2) is 27.3 Å². The standard InChI is InChI=1S/C11H9BrO4.2C2H6/c1-2-15-11(14)8-5-16-10-7(8)3-6(12)4-9(10)13;2*1-2/h3-5,13H,2H2,1H3;2*1-2H3. The van der Waals surface area contributed by atoms with Crippen molar-refractivity contribution in [3.05, 3.63) is 28.4 Å². The molecule has 112 valence electrons. The normalized spacial score (nSPS) is 9.10. The number of halogens is 1. The lowest BCUT2D eigenvalue weighted by atomic mass is 10.2. The Hall–Kier alpha value is -1.49. The van der Waals surface area contributed by atoms with Gasteiger partial charge in [-0.1, -0.05) is 43.6 Å². The van der Waals surface area contributed by atoms with Gasteiger partial charge in [0.15, 0.2) is 11.3 Å². The zero-order chi connectivity index (χ0) is 15.7. The van der Waals surface area contributed by atoms with Crippen molar-refractivity contribution < 1.29 is 19.1 Å². The van der Waals surface area contributed by atoms with Crippen LogP contribution >= 0.6 is 15.9 Å². The highest BCUT2D eigenvalue weighted by molar-refractivity contribution is 9.10. The fourth-order valence-electron chi connectivity index (χ4n) is 1.45. The van der Waals surface area contributed by atoms with Crippen molar-refractivity contribution >= 4 is 32.9 Å². The fourth-order valence-corrected chi connectivity index (χ4v) is 1.90. The summed E-state index contributed by atoms with van der Waals surface area (Å²) in [6.07, 6.45) is 1.29. The molecule has 0 radical (unpaired) electrons. The first-order chi connectivity index (χ1) is 9.63. The summed E-state index contributed by atoms with van der Waals surface area (Å²) in [4.78, 5) is 11.6. The number of phenolic OH excluding ortho intramolecular Hbond substituents is 1. The predicted molar refractivity (Wildman–Crippen MR) is 84.2 cm³/mol. The van der Waals surface area contributed by atoms with Crippen LogP contribution in [-0.4, -0.2) is 17.7 Å². The van der Waals surface area contributed by atoms with E-state index in [4.69, 9.17) is 9.15 Å². The van der Waals surface area contributed by atoms with Crippen LogP contribution < -0.4 is 0 Å². The number of fused-ring (bicyclic) bond motifs is 1. The van der Waals surface area contributed by atoms with Gasteiger partial charge in [0.2, 0.25) is 0 Å². The summed E-state index contributed by atoms with van der Waals surface area (Å²) in [5.74, 6) is -0.473. The molecule has 0 saturated carbocycles. The van der Waals surface area contributed by atoms with E-state index in [-0.39, 0.29) is 11.3 Å². The molecule has 0 saturated heterocycles. The summed E-state index contributed by atoms with van der Waals surface area (Å²) >= 11 is 3.24. The van der Waals surface area contributed by atoms with Crippen LogP contribution in [-0.2, 0) is 4.74 Å². The van der Waals surface area contributed by atoms with Gasteiger partial charge in [-0.2, -0.15) is 0 Å². The molecule has 2 rings (SSSR count). The number of hydrogen-bond donors (Lipinski definition) is 1. The lowest BCUT2D eigenvalue weighted by molar-refractivity contribution is 0.0527. The van der Waals surface area contributed by atoms with Gasteiger partial charge >= 0.3 is 5.97 Å². The van der Waals surface area contributed by atoms with Gasteiger partial charge in [-0.15, -0.1) is 0 Å². The SMILES string of the molecule is CC.CC.CCOC(=O)c1coc2c(O)cc(Br)cc12. The van der Waals surface area contributed by atoms with E-state index in [1.807, 2.05) is 27.7 Å². The summed E-state index contributed by atoms with van der Waals surface area (Å²) in [6.45, 7) is 10.0. The Kier molecular flexibility index (Phi) is 8.72. The number of carbonyl (C=O) groups is 1. The van der Waals surface area contributed by atoms with Gasteiger partial charge in [0.25, 0.3) is 0 Å². The van der Waals surface area contributed by atoms with E-state index in [0.29, 0.717) is 22.0 Å². The molecule has 4 nitrogen and oxygen atoms in total. The Balaban J connectivity index is 0.000000829. The number of furan rings is 1. The van der Waals surface area contributed by atoms with Crippen LogP contribution in [0.1, 0.15) is 45.0 Å². The fraction of sp³-hybridized carbons (Fsp3) is 0.400. The van der Waals surface area contributed by atoms with Gasteiger partial charge in [0, 0.05) is 9.86 Å². The average Bonchev–Trinajstić information content (AvgIpc) is 2.87. The maximum atomic E-state index is 11.6. The highest BCUT2D eigenvalue weighted by Gasteiger charge is 2.17. The van der Waals surface area contributed by atoms with Crippen LogP contribution in [0.25, 0.3) is 11.0 Å². The third kappa shape index (κ3) is 4.27. The molecule has 0 aliphatic rings. The number of rotatable bonds is 2. The Bertz CT molecular complexity index is 546. The van der Waals surface area contributed by atoms with E-state index in [0.717, 1.165) is 0 Å². The van der Waals surface area contributed by atoms with Gasteiger partial charge in [0.05, 0.1) is 6.61 Å². The number of aromatic hydroxyl groups is 1. The molecule has 0 amide bonds. The van der Waals surface area contributed by atoms with Crippen LogP contribution in [0, 0.1) is 0 Å². The summed E-state index contributed by atoms with van der Waals surface area (Å²) in [7, 11) is 0. The summed E-state index contributed by atoms with van der Waals surface area (Å²) in [5.41, 5.74) is 0.597. The minimum Gasteiger partial charge on any atom is -0.504 e. The molecule has 0 atom stereocenters. The Labute approximate surface area is 127 Å². The average molecular weight is 345 g/mol. The van der Waals surface area contributed by atoms with E-state index < -0.39 is 5.97 Å². The quantitative estimate of drug-likeness (QED) is 0.767. The number of esters is 1. The van der Waals surface area contributed by atoms with Crippen molar-refractivity contribution in [3.63, 3.8) is 0 Å². The highest BCUT2D eigenvalue weighted by atomic mass is 79.9. The number of phenols is 1. The van der Waals surface area contributed by atoms with Gasteiger partial charge in [-0.3, -0.25) is 0 Å². The second-order valence-corrected chi connectivity index (χ2v) is 4.09. The molecule has 5 heteroatoms. The molecule has 1 N–H and O–H groups in total. The van der Waals surface area contributed by atoms with Crippen LogP contribution in [0.3, 0.4) is 0 Å². The topological polar surface area (TPSA) is 59.7 Å². The van der Waals surface area contributed by atoms with Crippen molar-refractivity contribution in [3.8, 4) is 5.75 Å². The van der Waals surface area contributed by atoms with Crippen LogP contribution in [0.5, 0.6) is 5.75 Å². The zero-order valence-electron chi connectivity index (χ0n) is 12.5. The number of hydrogen-bond acceptors (Lipinski definition) is 4. The van der Waals surface area contributed by atoms with Crippen molar-refractivity contribution in [1.29, 1.82) is 0 Å². The molecule has 0 unspecified atom stereocenters. The Morgan fingerprint density at radius 3 is 2.45 bits per heavy atom. The van der Waals surface area contributed by atoms with E-state index in [1.54, 1.807) is 13.0 Å². The van der Waals surface area contributed by atoms with Gasteiger partial charge in [-0.25, -0.2) is 4.79 Å². The minimum absolute atomic E-state index is 0.0140. The predicted octanol–water partition coefficient (Wildman–Crippen LogP) is 5.13. The lowest BCUT2D eigenvalue weighted by Gasteiger charge is -1.99. The molecule has 1 aromatic heterocycles. The lowest BCUT2D eigenvalue weighted by Crippen LogP contribution is -2.03. The maximum Gasteiger partial charge on any atom is 0.342 e. The number of carbonyl (C=O) groups excluding carboxylic acids is 1.